The van der Waals surface area contributed by atoms with Gasteiger partial charge >= 0.3 is 0 Å². The molecule has 0 amide bonds. The van der Waals surface area contributed by atoms with Gasteiger partial charge in [-0.2, -0.15) is 0 Å². The van der Waals surface area contributed by atoms with Crippen molar-refractivity contribution in [1.82, 2.24) is 0 Å². The summed E-state index contributed by atoms with van der Waals surface area (Å²) in [6.07, 6.45) is 0. The highest BCUT2D eigenvalue weighted by Crippen LogP contribution is 2.25. The molecular weight excluding hydrogens is 321 g/mol. The highest BCUT2D eigenvalue weighted by atomic mass is 32.1. The Morgan fingerprint density at radius 3 is 2.39 bits per heavy atom. The van der Waals surface area contributed by atoms with E-state index in [-0.39, 0.29) is 16.6 Å². The number of nitro groups is 1. The van der Waals surface area contributed by atoms with Gasteiger partial charge in [0, 0.05) is 11.3 Å². The van der Waals surface area contributed by atoms with Crippen molar-refractivity contribution in [2.24, 2.45) is 0 Å². The third-order valence-corrected chi connectivity index (χ3v) is 3.16. The molecule has 0 saturated heterocycles. The zero-order valence-electron chi connectivity index (χ0n) is 12.0. The molecule has 2 rings (SSSR count). The molecule has 23 heavy (non-hydrogen) atoms. The molecule has 0 heterocycles. The first-order valence-electron chi connectivity index (χ1n) is 6.50. The summed E-state index contributed by atoms with van der Waals surface area (Å²) >= 11 is 5.08. The minimum Gasteiger partial charge on any atom is -0.332 e. The molecular formula is C15H12FN3O3S. The van der Waals surface area contributed by atoms with E-state index in [1.54, 1.807) is 24.3 Å². The van der Waals surface area contributed by atoms with Crippen LogP contribution in [0.15, 0.2) is 42.5 Å². The molecule has 0 aliphatic rings. The number of anilines is 2. The molecule has 0 aliphatic carbocycles. The van der Waals surface area contributed by atoms with E-state index in [9.17, 15) is 19.3 Å². The lowest BCUT2D eigenvalue weighted by atomic mass is 10.1. The van der Waals surface area contributed by atoms with Crippen molar-refractivity contribution < 1.29 is 14.1 Å². The molecule has 0 aromatic heterocycles. The topological polar surface area (TPSA) is 84.3 Å². The maximum atomic E-state index is 13.1. The fourth-order valence-corrected chi connectivity index (χ4v) is 2.06. The Hall–Kier alpha value is -2.87. The third kappa shape index (κ3) is 4.30. The standard InChI is InChI=1S/C15H12FN3O3S/c1-9(20)10-2-5-12(6-3-10)17-15(23)18-13-7-4-11(16)8-14(13)19(21)22/h2-8H,1H3,(H2,17,18,23). The van der Waals surface area contributed by atoms with E-state index < -0.39 is 16.4 Å². The van der Waals surface area contributed by atoms with E-state index in [1.807, 2.05) is 0 Å². The fourth-order valence-electron chi connectivity index (χ4n) is 1.83. The van der Waals surface area contributed by atoms with E-state index >= 15 is 0 Å². The molecule has 0 atom stereocenters. The highest BCUT2D eigenvalue weighted by molar-refractivity contribution is 7.80. The van der Waals surface area contributed by atoms with Crippen molar-refractivity contribution in [3.8, 4) is 0 Å². The van der Waals surface area contributed by atoms with Gasteiger partial charge in [-0.1, -0.05) is 0 Å². The van der Waals surface area contributed by atoms with Crippen LogP contribution >= 0.6 is 12.2 Å². The molecule has 0 unspecified atom stereocenters. The predicted octanol–water partition coefficient (Wildman–Crippen LogP) is 3.75. The fraction of sp³-hybridized carbons (Fsp3) is 0.0667. The van der Waals surface area contributed by atoms with Gasteiger partial charge in [-0.15, -0.1) is 0 Å². The molecule has 118 valence electrons. The number of nitro benzene ring substituents is 1. The van der Waals surface area contributed by atoms with Gasteiger partial charge in [0.2, 0.25) is 0 Å². The van der Waals surface area contributed by atoms with Crippen LogP contribution in [0.5, 0.6) is 0 Å². The van der Waals surface area contributed by atoms with Crippen molar-refractivity contribution >= 4 is 40.2 Å². The van der Waals surface area contributed by atoms with Gasteiger partial charge in [-0.3, -0.25) is 14.9 Å². The third-order valence-electron chi connectivity index (χ3n) is 2.95. The highest BCUT2D eigenvalue weighted by Gasteiger charge is 2.15. The Labute approximate surface area is 136 Å². The van der Waals surface area contributed by atoms with Gasteiger partial charge in [0.05, 0.1) is 11.0 Å². The molecule has 8 heteroatoms. The van der Waals surface area contributed by atoms with Crippen molar-refractivity contribution in [2.45, 2.75) is 6.92 Å². The van der Waals surface area contributed by atoms with Crippen LogP contribution in [-0.2, 0) is 0 Å². The number of carbonyl (C=O) groups is 1. The molecule has 0 spiro atoms. The smallest absolute Gasteiger partial charge is 0.295 e. The number of hydrogen-bond donors (Lipinski definition) is 2. The number of Topliss-reactive ketones (excluding diaryl/α,β-unsaturated/α-hetero) is 1. The Kier molecular flexibility index (Phi) is 4.97. The molecule has 0 bridgehead atoms. The first kappa shape index (κ1) is 16.5. The van der Waals surface area contributed by atoms with Gasteiger partial charge < -0.3 is 10.6 Å². The summed E-state index contributed by atoms with van der Waals surface area (Å²) in [7, 11) is 0. The van der Waals surface area contributed by atoms with E-state index in [0.29, 0.717) is 11.3 Å². The van der Waals surface area contributed by atoms with E-state index in [2.05, 4.69) is 10.6 Å². The second kappa shape index (κ2) is 6.93. The second-order valence-corrected chi connectivity index (χ2v) is 5.04. The van der Waals surface area contributed by atoms with E-state index in [1.165, 1.54) is 13.0 Å². The van der Waals surface area contributed by atoms with Gasteiger partial charge in [0.1, 0.15) is 11.5 Å². The summed E-state index contributed by atoms with van der Waals surface area (Å²) in [5.74, 6) is -0.764. The summed E-state index contributed by atoms with van der Waals surface area (Å²) in [4.78, 5) is 21.4. The molecule has 2 aromatic carbocycles. The van der Waals surface area contributed by atoms with E-state index in [4.69, 9.17) is 12.2 Å². The number of carbonyl (C=O) groups excluding carboxylic acids is 1. The normalized spacial score (nSPS) is 10.0. The van der Waals surface area contributed by atoms with Crippen molar-refractivity contribution in [1.29, 1.82) is 0 Å². The summed E-state index contributed by atoms with van der Waals surface area (Å²) in [6.45, 7) is 1.46. The monoisotopic (exact) mass is 333 g/mol. The van der Waals surface area contributed by atoms with Crippen LogP contribution in [0.2, 0.25) is 0 Å². The predicted molar refractivity (Wildman–Crippen MR) is 89.3 cm³/mol. The van der Waals surface area contributed by atoms with Crippen LogP contribution in [0.25, 0.3) is 0 Å². The van der Waals surface area contributed by atoms with Crippen molar-refractivity contribution in [3.05, 3.63) is 64.0 Å². The molecule has 0 fully saturated rings. The summed E-state index contributed by atoms with van der Waals surface area (Å²) in [5.41, 5.74) is 0.830. The quantitative estimate of drug-likeness (QED) is 0.384. The number of thiocarbonyl (C=S) groups is 1. The lowest BCUT2D eigenvalue weighted by Gasteiger charge is -2.11. The van der Waals surface area contributed by atoms with E-state index in [0.717, 1.165) is 12.1 Å². The SMILES string of the molecule is CC(=O)c1ccc(NC(=S)Nc2ccc(F)cc2[N+](=O)[O-])cc1. The zero-order chi connectivity index (χ0) is 17.0. The lowest BCUT2D eigenvalue weighted by Crippen LogP contribution is -2.19. The van der Waals surface area contributed by atoms with Crippen molar-refractivity contribution in [2.75, 3.05) is 10.6 Å². The van der Waals surface area contributed by atoms with Crippen LogP contribution in [0, 0.1) is 15.9 Å². The zero-order valence-corrected chi connectivity index (χ0v) is 12.8. The number of ketones is 1. The van der Waals surface area contributed by atoms with Gasteiger partial charge in [-0.05, 0) is 55.5 Å². The van der Waals surface area contributed by atoms with Gasteiger partial charge in [0.15, 0.2) is 10.9 Å². The Morgan fingerprint density at radius 1 is 1.17 bits per heavy atom. The molecule has 0 saturated carbocycles. The van der Waals surface area contributed by atoms with Crippen LogP contribution < -0.4 is 10.6 Å². The number of nitrogens with zero attached hydrogens (tertiary/aromatic N) is 1. The Bertz CT molecular complexity index is 778. The largest absolute Gasteiger partial charge is 0.332 e. The first-order chi connectivity index (χ1) is 10.9. The van der Waals surface area contributed by atoms with Gasteiger partial charge in [-0.25, -0.2) is 4.39 Å². The van der Waals surface area contributed by atoms with Crippen LogP contribution in [-0.4, -0.2) is 15.8 Å². The average molecular weight is 333 g/mol. The lowest BCUT2D eigenvalue weighted by molar-refractivity contribution is -0.384. The van der Waals surface area contributed by atoms with Crippen LogP contribution in [0.3, 0.4) is 0 Å². The molecule has 2 N–H and O–H groups in total. The molecule has 6 nitrogen and oxygen atoms in total. The van der Waals surface area contributed by atoms with Gasteiger partial charge in [0.25, 0.3) is 5.69 Å². The maximum absolute atomic E-state index is 13.1. The van der Waals surface area contributed by atoms with Crippen LogP contribution in [0.1, 0.15) is 17.3 Å². The summed E-state index contributed by atoms with van der Waals surface area (Å²) in [5, 5.41) is 16.5. The maximum Gasteiger partial charge on any atom is 0.295 e. The minimum absolute atomic E-state index is 0.0563. The number of benzene rings is 2. The molecule has 0 radical (unpaired) electrons. The first-order valence-corrected chi connectivity index (χ1v) is 6.90. The summed E-state index contributed by atoms with van der Waals surface area (Å²) < 4.78 is 13.1. The Morgan fingerprint density at radius 2 is 1.83 bits per heavy atom. The Balaban J connectivity index is 2.11. The minimum atomic E-state index is -0.707. The molecule has 2 aromatic rings. The van der Waals surface area contributed by atoms with Crippen LogP contribution in [0.4, 0.5) is 21.5 Å². The number of rotatable bonds is 4. The second-order valence-electron chi connectivity index (χ2n) is 4.63. The number of halogens is 1. The average Bonchev–Trinajstić information content (AvgIpc) is 2.49. The van der Waals surface area contributed by atoms with Crippen molar-refractivity contribution in [3.63, 3.8) is 0 Å². The number of nitrogens with one attached hydrogen (secondary N) is 2. The summed E-state index contributed by atoms with van der Waals surface area (Å²) in [6, 6.07) is 9.72. The molecule has 0 aliphatic heterocycles. The number of hydrogen-bond acceptors (Lipinski definition) is 4.